The van der Waals surface area contributed by atoms with Crippen LogP contribution in [0.3, 0.4) is 0 Å². The summed E-state index contributed by atoms with van der Waals surface area (Å²) in [7, 11) is 0. The van der Waals surface area contributed by atoms with Crippen LogP contribution < -0.4 is 5.32 Å². The molecule has 1 aliphatic rings. The predicted octanol–water partition coefficient (Wildman–Crippen LogP) is 2.24. The number of benzene rings is 1. The largest absolute Gasteiger partial charge is 0.303 e. The summed E-state index contributed by atoms with van der Waals surface area (Å²) in [5.41, 5.74) is 3.66. The van der Waals surface area contributed by atoms with Crippen LogP contribution in [0.4, 0.5) is 0 Å². The Labute approximate surface area is 96.4 Å². The number of rotatable bonds is 2. The summed E-state index contributed by atoms with van der Waals surface area (Å²) in [4.78, 5) is 11.9. The van der Waals surface area contributed by atoms with E-state index in [2.05, 4.69) is 17.4 Å². The highest BCUT2D eigenvalue weighted by atomic mass is 16.1. The van der Waals surface area contributed by atoms with Crippen LogP contribution >= 0.6 is 0 Å². The highest BCUT2D eigenvalue weighted by Crippen LogP contribution is 2.17. The number of hydrogen-bond donors (Lipinski definition) is 1. The minimum atomic E-state index is -0.0511. The Morgan fingerprint density at radius 2 is 2.00 bits per heavy atom. The molecule has 1 aromatic rings. The number of ketones is 1. The third-order valence-corrected chi connectivity index (χ3v) is 2.86. The molecule has 84 valence electrons. The third kappa shape index (κ3) is 2.39. The van der Waals surface area contributed by atoms with Crippen molar-refractivity contribution in [3.63, 3.8) is 0 Å². The van der Waals surface area contributed by atoms with Crippen LogP contribution in [0.1, 0.15) is 25.0 Å². The molecule has 0 spiro atoms. The lowest BCUT2D eigenvalue weighted by atomic mass is 9.93. The fraction of sp³-hybridized carbons (Fsp3) is 0.357. The van der Waals surface area contributed by atoms with Gasteiger partial charge in [0, 0.05) is 6.54 Å². The first-order chi connectivity index (χ1) is 7.66. The molecule has 16 heavy (non-hydrogen) atoms. The Kier molecular flexibility index (Phi) is 3.20. The molecular weight excluding hydrogens is 198 g/mol. The minimum Gasteiger partial charge on any atom is -0.303 e. The molecule has 0 bridgehead atoms. The van der Waals surface area contributed by atoms with Gasteiger partial charge in [0.25, 0.3) is 0 Å². The summed E-state index contributed by atoms with van der Waals surface area (Å²) >= 11 is 0. The molecule has 0 fully saturated rings. The van der Waals surface area contributed by atoms with E-state index in [1.54, 1.807) is 6.08 Å². The molecule has 2 heteroatoms. The first-order valence-corrected chi connectivity index (χ1v) is 5.66. The number of nitrogens with one attached hydrogen (secondary N) is 1. The zero-order chi connectivity index (χ0) is 11.5. The highest BCUT2D eigenvalue weighted by molar-refractivity contribution is 5.95. The summed E-state index contributed by atoms with van der Waals surface area (Å²) < 4.78 is 0. The first-order valence-electron chi connectivity index (χ1n) is 5.66. The zero-order valence-electron chi connectivity index (χ0n) is 9.79. The van der Waals surface area contributed by atoms with E-state index in [4.69, 9.17) is 0 Å². The van der Waals surface area contributed by atoms with Gasteiger partial charge in [0.15, 0.2) is 5.78 Å². The van der Waals surface area contributed by atoms with Crippen molar-refractivity contribution in [3.05, 3.63) is 47.0 Å². The van der Waals surface area contributed by atoms with Gasteiger partial charge in [-0.25, -0.2) is 0 Å². The van der Waals surface area contributed by atoms with Crippen molar-refractivity contribution in [2.24, 2.45) is 0 Å². The van der Waals surface area contributed by atoms with E-state index in [0.29, 0.717) is 0 Å². The fourth-order valence-corrected chi connectivity index (χ4v) is 2.04. The number of carbonyl (C=O) groups excluding carboxylic acids is 1. The van der Waals surface area contributed by atoms with Crippen LogP contribution in [0.5, 0.6) is 0 Å². The van der Waals surface area contributed by atoms with Crippen molar-refractivity contribution >= 4 is 5.78 Å². The van der Waals surface area contributed by atoms with Crippen molar-refractivity contribution in [1.82, 2.24) is 5.32 Å². The number of allylic oxidation sites excluding steroid dienone is 1. The van der Waals surface area contributed by atoms with Crippen molar-refractivity contribution in [3.8, 4) is 0 Å². The van der Waals surface area contributed by atoms with Gasteiger partial charge >= 0.3 is 0 Å². The van der Waals surface area contributed by atoms with E-state index in [9.17, 15) is 4.79 Å². The van der Waals surface area contributed by atoms with Crippen LogP contribution in [0.25, 0.3) is 0 Å². The summed E-state index contributed by atoms with van der Waals surface area (Å²) in [6.07, 6.45) is 2.53. The van der Waals surface area contributed by atoms with Gasteiger partial charge < -0.3 is 5.32 Å². The van der Waals surface area contributed by atoms with E-state index in [0.717, 1.165) is 18.5 Å². The summed E-state index contributed by atoms with van der Waals surface area (Å²) in [5.74, 6) is 0.189. The predicted molar refractivity (Wildman–Crippen MR) is 65.2 cm³/mol. The molecule has 1 N–H and O–H groups in total. The maximum atomic E-state index is 11.9. The SMILES string of the molecule is CC(C)=CC(=O)C1Cc2ccccc2CN1. The molecule has 0 amide bonds. The van der Waals surface area contributed by atoms with Crippen molar-refractivity contribution in [2.75, 3.05) is 0 Å². The van der Waals surface area contributed by atoms with E-state index in [-0.39, 0.29) is 11.8 Å². The smallest absolute Gasteiger partial charge is 0.172 e. The third-order valence-electron chi connectivity index (χ3n) is 2.86. The van der Waals surface area contributed by atoms with Crippen molar-refractivity contribution < 1.29 is 4.79 Å². The van der Waals surface area contributed by atoms with Gasteiger partial charge in [-0.05, 0) is 37.5 Å². The van der Waals surface area contributed by atoms with Gasteiger partial charge in [-0.1, -0.05) is 29.8 Å². The second kappa shape index (κ2) is 4.62. The number of carbonyl (C=O) groups is 1. The molecule has 1 heterocycles. The Hall–Kier alpha value is -1.41. The van der Waals surface area contributed by atoms with E-state index in [1.165, 1.54) is 11.1 Å². The molecular formula is C14H17NO. The summed E-state index contributed by atoms with van der Waals surface area (Å²) in [5, 5.41) is 3.29. The van der Waals surface area contributed by atoms with Gasteiger partial charge in [-0.15, -0.1) is 0 Å². The Bertz CT molecular complexity index is 430. The molecule has 0 aromatic heterocycles. The van der Waals surface area contributed by atoms with Crippen LogP contribution in [-0.4, -0.2) is 11.8 Å². The van der Waals surface area contributed by atoms with Crippen LogP contribution in [-0.2, 0) is 17.8 Å². The molecule has 1 aromatic carbocycles. The molecule has 2 rings (SSSR count). The van der Waals surface area contributed by atoms with E-state index >= 15 is 0 Å². The number of hydrogen-bond acceptors (Lipinski definition) is 2. The van der Waals surface area contributed by atoms with Crippen LogP contribution in [0.2, 0.25) is 0 Å². The summed E-state index contributed by atoms with van der Waals surface area (Å²) in [6, 6.07) is 8.25. The average Bonchev–Trinajstić information content (AvgIpc) is 2.27. The van der Waals surface area contributed by atoms with Crippen LogP contribution in [0.15, 0.2) is 35.9 Å². The maximum Gasteiger partial charge on any atom is 0.172 e. The Balaban J connectivity index is 2.14. The second-order valence-electron chi connectivity index (χ2n) is 4.53. The Morgan fingerprint density at radius 3 is 2.69 bits per heavy atom. The van der Waals surface area contributed by atoms with E-state index in [1.807, 2.05) is 26.0 Å². The highest BCUT2D eigenvalue weighted by Gasteiger charge is 2.21. The molecule has 2 nitrogen and oxygen atoms in total. The first kappa shape index (κ1) is 11.1. The van der Waals surface area contributed by atoms with Gasteiger partial charge in [-0.3, -0.25) is 4.79 Å². The lowest BCUT2D eigenvalue weighted by molar-refractivity contribution is -0.116. The maximum absolute atomic E-state index is 11.9. The van der Waals surface area contributed by atoms with Gasteiger partial charge in [0.2, 0.25) is 0 Å². The monoisotopic (exact) mass is 215 g/mol. The second-order valence-corrected chi connectivity index (χ2v) is 4.53. The minimum absolute atomic E-state index is 0.0511. The average molecular weight is 215 g/mol. The molecule has 1 unspecified atom stereocenters. The standard InChI is InChI=1S/C14H17NO/c1-10(2)7-14(16)13-8-11-5-3-4-6-12(11)9-15-13/h3-7,13,15H,8-9H2,1-2H3. The lowest BCUT2D eigenvalue weighted by Crippen LogP contribution is -2.41. The van der Waals surface area contributed by atoms with Crippen LogP contribution in [0, 0.1) is 0 Å². The quantitative estimate of drug-likeness (QED) is 0.766. The topological polar surface area (TPSA) is 29.1 Å². The van der Waals surface area contributed by atoms with Crippen molar-refractivity contribution in [2.45, 2.75) is 32.9 Å². The summed E-state index contributed by atoms with van der Waals surface area (Å²) in [6.45, 7) is 4.70. The normalized spacial score (nSPS) is 18.8. The Morgan fingerprint density at radius 1 is 1.31 bits per heavy atom. The molecule has 0 saturated carbocycles. The van der Waals surface area contributed by atoms with E-state index < -0.39 is 0 Å². The van der Waals surface area contributed by atoms with Gasteiger partial charge in [0.1, 0.15) is 0 Å². The molecule has 0 aliphatic carbocycles. The molecule has 1 aliphatic heterocycles. The van der Waals surface area contributed by atoms with Gasteiger partial charge in [-0.2, -0.15) is 0 Å². The lowest BCUT2D eigenvalue weighted by Gasteiger charge is -2.24. The molecule has 0 radical (unpaired) electrons. The van der Waals surface area contributed by atoms with Gasteiger partial charge in [0.05, 0.1) is 6.04 Å². The molecule has 1 atom stereocenters. The fourth-order valence-electron chi connectivity index (χ4n) is 2.04. The van der Waals surface area contributed by atoms with Crippen molar-refractivity contribution in [1.29, 1.82) is 0 Å². The molecule has 0 saturated heterocycles. The number of fused-ring (bicyclic) bond motifs is 1. The zero-order valence-corrected chi connectivity index (χ0v) is 9.79.